The molecule has 3 amide bonds. The average molecular weight is 344 g/mol. The maximum absolute atomic E-state index is 12.9. The van der Waals surface area contributed by atoms with Crippen LogP contribution in [-0.2, 0) is 14.4 Å². The van der Waals surface area contributed by atoms with Gasteiger partial charge in [-0.1, -0.05) is 26.8 Å². The van der Waals surface area contributed by atoms with Gasteiger partial charge in [0.05, 0.1) is 12.5 Å². The van der Waals surface area contributed by atoms with E-state index in [1.807, 2.05) is 20.8 Å². The highest BCUT2D eigenvalue weighted by Crippen LogP contribution is 2.59. The van der Waals surface area contributed by atoms with E-state index in [0.717, 1.165) is 4.90 Å². The molecule has 1 aliphatic heterocycles. The molecule has 1 aromatic carbocycles. The van der Waals surface area contributed by atoms with E-state index in [-0.39, 0.29) is 29.7 Å². The zero-order valence-corrected chi connectivity index (χ0v) is 15.1. The van der Waals surface area contributed by atoms with Crippen molar-refractivity contribution in [2.45, 2.75) is 33.6 Å². The fourth-order valence-corrected chi connectivity index (χ4v) is 4.10. The third-order valence-corrected chi connectivity index (χ3v) is 6.16. The average Bonchev–Trinajstić information content (AvgIpc) is 2.76. The standard InChI is InChI=1S/C19H24N2O4/c1-18(2)14-8-9-19(18,3)17(24)21(16(14)23)11-15(22)20-12-6-5-7-13(10-12)25-4/h5-7,10,14H,8-9,11H2,1-4H3,(H,20,22). The van der Waals surface area contributed by atoms with Gasteiger partial charge < -0.3 is 10.1 Å². The monoisotopic (exact) mass is 344 g/mol. The summed E-state index contributed by atoms with van der Waals surface area (Å²) < 4.78 is 5.12. The van der Waals surface area contributed by atoms with Crippen molar-refractivity contribution in [3.63, 3.8) is 0 Å². The molecule has 2 bridgehead atoms. The predicted octanol–water partition coefficient (Wildman–Crippen LogP) is 2.45. The van der Waals surface area contributed by atoms with Gasteiger partial charge in [-0.2, -0.15) is 0 Å². The Balaban J connectivity index is 1.75. The van der Waals surface area contributed by atoms with Crippen LogP contribution in [0.1, 0.15) is 33.6 Å². The van der Waals surface area contributed by atoms with Crippen LogP contribution in [0.25, 0.3) is 0 Å². The van der Waals surface area contributed by atoms with Gasteiger partial charge in [-0.25, -0.2) is 0 Å². The minimum Gasteiger partial charge on any atom is -0.497 e. The highest BCUT2D eigenvalue weighted by atomic mass is 16.5. The minimum atomic E-state index is -0.595. The summed E-state index contributed by atoms with van der Waals surface area (Å²) in [6.07, 6.45) is 1.38. The molecule has 2 unspecified atom stereocenters. The number of carbonyl (C=O) groups excluding carboxylic acids is 3. The number of amides is 3. The number of imide groups is 1. The molecule has 25 heavy (non-hydrogen) atoms. The van der Waals surface area contributed by atoms with Gasteiger partial charge in [0.25, 0.3) is 0 Å². The van der Waals surface area contributed by atoms with Crippen LogP contribution in [0.3, 0.4) is 0 Å². The Hall–Kier alpha value is -2.37. The number of nitrogens with one attached hydrogen (secondary N) is 1. The lowest BCUT2D eigenvalue weighted by Crippen LogP contribution is -2.60. The SMILES string of the molecule is COc1cccc(NC(=O)CN2C(=O)C3CCC(C)(C2=O)C3(C)C)c1. The van der Waals surface area contributed by atoms with E-state index in [2.05, 4.69) is 5.32 Å². The number of nitrogens with zero attached hydrogens (tertiary/aromatic N) is 1. The molecule has 2 aliphatic rings. The quantitative estimate of drug-likeness (QED) is 0.851. The van der Waals surface area contributed by atoms with E-state index < -0.39 is 11.3 Å². The normalized spacial score (nSPS) is 27.4. The third kappa shape index (κ3) is 2.60. The van der Waals surface area contributed by atoms with Crippen molar-refractivity contribution in [1.29, 1.82) is 0 Å². The van der Waals surface area contributed by atoms with Crippen LogP contribution in [0.2, 0.25) is 0 Å². The zero-order chi connectivity index (χ0) is 18.4. The summed E-state index contributed by atoms with van der Waals surface area (Å²) in [5, 5.41) is 2.72. The van der Waals surface area contributed by atoms with Crippen molar-refractivity contribution in [3.8, 4) is 5.75 Å². The van der Waals surface area contributed by atoms with Gasteiger partial charge in [-0.05, 0) is 30.4 Å². The Labute approximate surface area is 147 Å². The van der Waals surface area contributed by atoms with Crippen molar-refractivity contribution in [3.05, 3.63) is 24.3 Å². The molecular weight excluding hydrogens is 320 g/mol. The molecule has 0 aromatic heterocycles. The van der Waals surface area contributed by atoms with Crippen LogP contribution in [-0.4, -0.2) is 36.3 Å². The number of hydrogen-bond acceptors (Lipinski definition) is 4. The van der Waals surface area contributed by atoms with Crippen LogP contribution in [0.4, 0.5) is 5.69 Å². The van der Waals surface area contributed by atoms with Crippen molar-refractivity contribution in [2.75, 3.05) is 19.0 Å². The van der Waals surface area contributed by atoms with Crippen LogP contribution in [0.5, 0.6) is 5.75 Å². The van der Waals surface area contributed by atoms with Crippen molar-refractivity contribution in [1.82, 2.24) is 4.90 Å². The van der Waals surface area contributed by atoms with E-state index in [0.29, 0.717) is 24.3 Å². The van der Waals surface area contributed by atoms with Gasteiger partial charge in [0, 0.05) is 17.7 Å². The first kappa shape index (κ1) is 17.5. The number of anilines is 1. The molecule has 6 heteroatoms. The lowest BCUT2D eigenvalue weighted by atomic mass is 9.62. The number of rotatable bonds is 4. The van der Waals surface area contributed by atoms with Crippen LogP contribution in [0, 0.1) is 16.7 Å². The van der Waals surface area contributed by atoms with E-state index in [9.17, 15) is 14.4 Å². The molecule has 1 saturated heterocycles. The summed E-state index contributed by atoms with van der Waals surface area (Å²) >= 11 is 0. The molecule has 1 aliphatic carbocycles. The van der Waals surface area contributed by atoms with E-state index in [1.54, 1.807) is 31.4 Å². The molecule has 2 fully saturated rings. The highest BCUT2D eigenvalue weighted by molar-refractivity contribution is 6.07. The maximum atomic E-state index is 12.9. The van der Waals surface area contributed by atoms with E-state index in [1.165, 1.54) is 0 Å². The number of hydrogen-bond donors (Lipinski definition) is 1. The molecule has 0 radical (unpaired) electrons. The second kappa shape index (κ2) is 5.86. The minimum absolute atomic E-state index is 0.209. The summed E-state index contributed by atoms with van der Waals surface area (Å²) in [4.78, 5) is 39.2. The van der Waals surface area contributed by atoms with Gasteiger partial charge in [0.15, 0.2) is 0 Å². The molecule has 134 valence electrons. The number of methoxy groups -OCH3 is 1. The number of carbonyl (C=O) groups is 3. The molecule has 3 rings (SSSR count). The predicted molar refractivity (Wildman–Crippen MR) is 93.0 cm³/mol. The summed E-state index contributed by atoms with van der Waals surface area (Å²) in [6, 6.07) is 6.95. The second-order valence-corrected chi connectivity index (χ2v) is 7.65. The molecule has 2 atom stereocenters. The van der Waals surface area contributed by atoms with Crippen molar-refractivity contribution in [2.24, 2.45) is 16.7 Å². The smallest absolute Gasteiger partial charge is 0.244 e. The molecular formula is C19H24N2O4. The number of likely N-dealkylation sites (tertiary alicyclic amines) is 1. The largest absolute Gasteiger partial charge is 0.497 e. The van der Waals surface area contributed by atoms with Gasteiger partial charge in [0.1, 0.15) is 12.3 Å². The fourth-order valence-electron chi connectivity index (χ4n) is 4.10. The third-order valence-electron chi connectivity index (χ3n) is 6.16. The number of benzene rings is 1. The Morgan fingerprint density at radius 3 is 2.72 bits per heavy atom. The topological polar surface area (TPSA) is 75.7 Å². The number of ether oxygens (including phenoxy) is 1. The van der Waals surface area contributed by atoms with Gasteiger partial charge in [-0.15, -0.1) is 0 Å². The van der Waals surface area contributed by atoms with E-state index >= 15 is 0 Å². The maximum Gasteiger partial charge on any atom is 0.244 e. The second-order valence-electron chi connectivity index (χ2n) is 7.65. The number of fused-ring (bicyclic) bond motifs is 2. The van der Waals surface area contributed by atoms with Gasteiger partial charge in [-0.3, -0.25) is 19.3 Å². The summed E-state index contributed by atoms with van der Waals surface area (Å²) in [6.45, 7) is 5.62. The molecule has 1 aromatic rings. The molecule has 1 saturated carbocycles. The molecule has 6 nitrogen and oxygen atoms in total. The Bertz CT molecular complexity index is 743. The molecule has 1 heterocycles. The summed E-state index contributed by atoms with van der Waals surface area (Å²) in [5.74, 6) is -0.449. The Kier molecular flexibility index (Phi) is 4.09. The Morgan fingerprint density at radius 1 is 1.32 bits per heavy atom. The first-order chi connectivity index (χ1) is 11.7. The highest BCUT2D eigenvalue weighted by Gasteiger charge is 2.64. The van der Waals surface area contributed by atoms with Gasteiger partial charge >= 0.3 is 0 Å². The lowest BCUT2D eigenvalue weighted by molar-refractivity contribution is -0.168. The lowest BCUT2D eigenvalue weighted by Gasteiger charge is -2.47. The van der Waals surface area contributed by atoms with E-state index in [4.69, 9.17) is 4.74 Å². The fraction of sp³-hybridized carbons (Fsp3) is 0.526. The van der Waals surface area contributed by atoms with Crippen LogP contribution < -0.4 is 10.1 Å². The van der Waals surface area contributed by atoms with Crippen LogP contribution >= 0.6 is 0 Å². The molecule has 1 N–H and O–H groups in total. The zero-order valence-electron chi connectivity index (χ0n) is 15.1. The van der Waals surface area contributed by atoms with Crippen molar-refractivity contribution >= 4 is 23.4 Å². The van der Waals surface area contributed by atoms with Gasteiger partial charge in [0.2, 0.25) is 17.7 Å². The summed E-state index contributed by atoms with van der Waals surface area (Å²) in [5.41, 5.74) is -0.404. The first-order valence-electron chi connectivity index (χ1n) is 8.50. The number of piperidine rings is 1. The van der Waals surface area contributed by atoms with Crippen molar-refractivity contribution < 1.29 is 19.1 Å². The molecule has 0 spiro atoms. The van der Waals surface area contributed by atoms with Crippen LogP contribution in [0.15, 0.2) is 24.3 Å². The first-order valence-corrected chi connectivity index (χ1v) is 8.50. The Morgan fingerprint density at radius 2 is 2.04 bits per heavy atom. The summed E-state index contributed by atoms with van der Waals surface area (Å²) in [7, 11) is 1.55.